The highest BCUT2D eigenvalue weighted by Gasteiger charge is 2.28. The first-order chi connectivity index (χ1) is 29.2. The number of ether oxygens (including phenoxy) is 6. The molecule has 0 aromatic heterocycles. The number of unbranched alkanes of at least 4 members (excludes halogenated alkanes) is 18. The second-order valence-electron chi connectivity index (χ2n) is 16.3. The Morgan fingerprint density at radius 1 is 0.400 bits per heavy atom. The third kappa shape index (κ3) is 27.1. The molecule has 10 nitrogen and oxygen atoms in total. The van der Waals surface area contributed by atoms with Gasteiger partial charge in [-0.1, -0.05) is 129 Å². The lowest BCUT2D eigenvalue weighted by Gasteiger charge is -2.28. The number of esters is 4. The van der Waals surface area contributed by atoms with Crippen LogP contribution in [0.1, 0.15) is 228 Å². The fourth-order valence-corrected chi connectivity index (χ4v) is 7.72. The first-order valence-electron chi connectivity index (χ1n) is 24.1. The molecule has 0 radical (unpaired) electrons. The summed E-state index contributed by atoms with van der Waals surface area (Å²) < 4.78 is 34.4. The molecule has 60 heavy (non-hydrogen) atoms. The van der Waals surface area contributed by atoms with Crippen LogP contribution < -0.4 is 0 Å². The highest BCUT2D eigenvalue weighted by molar-refractivity contribution is 5.93. The predicted octanol–water partition coefficient (Wildman–Crippen LogP) is 12.9. The zero-order valence-corrected chi connectivity index (χ0v) is 38.9. The fourth-order valence-electron chi connectivity index (χ4n) is 7.72. The van der Waals surface area contributed by atoms with E-state index >= 15 is 0 Å². The Morgan fingerprint density at radius 2 is 0.683 bits per heavy atom. The summed E-state index contributed by atoms with van der Waals surface area (Å²) in [4.78, 5) is 50.2. The summed E-state index contributed by atoms with van der Waals surface area (Å²) >= 11 is 0. The van der Waals surface area contributed by atoms with E-state index in [9.17, 15) is 19.2 Å². The molecule has 10 heteroatoms. The van der Waals surface area contributed by atoms with E-state index in [1.807, 2.05) is 13.8 Å². The average molecular weight is 847 g/mol. The van der Waals surface area contributed by atoms with E-state index < -0.39 is 11.9 Å². The highest BCUT2D eigenvalue weighted by atomic mass is 16.6. The molecule has 0 N–H and O–H groups in total. The molecule has 0 bridgehead atoms. The SMILES string of the molecule is CCCCCCCCC(OCC)C(CCCCCCCC(=O)OC)OC(=O)c1ccc(C(=O)OC(CCCCCCCC)C(CCCCCCCC(=O)OC)OCC)cc1. The van der Waals surface area contributed by atoms with Crippen molar-refractivity contribution < 1.29 is 47.6 Å². The van der Waals surface area contributed by atoms with Gasteiger partial charge in [0, 0.05) is 26.1 Å². The van der Waals surface area contributed by atoms with Crippen LogP contribution in [0.4, 0.5) is 0 Å². The molecule has 346 valence electrons. The number of hydrogen-bond acceptors (Lipinski definition) is 10. The Morgan fingerprint density at radius 3 is 0.983 bits per heavy atom. The summed E-state index contributed by atoms with van der Waals surface area (Å²) in [6, 6.07) is 6.63. The average Bonchev–Trinajstić information content (AvgIpc) is 3.26. The minimum atomic E-state index is -0.423. The molecule has 0 aliphatic heterocycles. The number of benzene rings is 1. The monoisotopic (exact) mass is 847 g/mol. The van der Waals surface area contributed by atoms with Crippen LogP contribution in [-0.2, 0) is 38.0 Å². The molecular weight excluding hydrogens is 761 g/mol. The third-order valence-corrected chi connectivity index (χ3v) is 11.3. The highest BCUT2D eigenvalue weighted by Crippen LogP contribution is 2.24. The predicted molar refractivity (Wildman–Crippen MR) is 240 cm³/mol. The molecular formula is C50H86O10. The molecule has 1 rings (SSSR count). The normalized spacial score (nSPS) is 13.3. The van der Waals surface area contributed by atoms with Gasteiger partial charge in [0.25, 0.3) is 0 Å². The van der Waals surface area contributed by atoms with E-state index in [-0.39, 0.29) is 36.4 Å². The van der Waals surface area contributed by atoms with Crippen LogP contribution in [0.2, 0.25) is 0 Å². The third-order valence-electron chi connectivity index (χ3n) is 11.3. The molecule has 4 unspecified atom stereocenters. The van der Waals surface area contributed by atoms with Crippen molar-refractivity contribution in [3.63, 3.8) is 0 Å². The van der Waals surface area contributed by atoms with Gasteiger partial charge in [-0.15, -0.1) is 0 Å². The van der Waals surface area contributed by atoms with E-state index in [0.29, 0.717) is 43.6 Å². The molecule has 0 aliphatic rings. The Labute approximate surface area is 365 Å². The first-order valence-corrected chi connectivity index (χ1v) is 24.1. The van der Waals surface area contributed by atoms with Gasteiger partial charge in [0.15, 0.2) is 0 Å². The lowest BCUT2D eigenvalue weighted by Crippen LogP contribution is -2.34. The summed E-state index contributed by atoms with van der Waals surface area (Å²) in [6.07, 6.45) is 26.1. The maximum atomic E-state index is 13.7. The Bertz CT molecular complexity index is 1220. The zero-order chi connectivity index (χ0) is 44.1. The zero-order valence-electron chi connectivity index (χ0n) is 38.9. The standard InChI is InChI=1S/C50H86O10/c1-7-11-13-15-19-25-31-43(57-9-3)46(34-28-22-18-24-30-36-48(52)56-6)60-50(54)42-39-37-41(38-40-42)49(53)59-45(33-27-20-16-14-12-8-2)44(58-10-4)32-26-21-17-23-29-35-47(51)55-5/h37-40,43-46H,7-36H2,1-6H3. The minimum Gasteiger partial charge on any atom is -0.469 e. The summed E-state index contributed by atoms with van der Waals surface area (Å²) in [5.41, 5.74) is 0.774. The number of methoxy groups -OCH3 is 2. The van der Waals surface area contributed by atoms with Crippen molar-refractivity contribution in [2.45, 2.75) is 232 Å². The summed E-state index contributed by atoms with van der Waals surface area (Å²) in [6.45, 7) is 9.48. The molecule has 0 fully saturated rings. The van der Waals surface area contributed by atoms with Gasteiger partial charge in [-0.3, -0.25) is 9.59 Å². The smallest absolute Gasteiger partial charge is 0.338 e. The van der Waals surface area contributed by atoms with Gasteiger partial charge in [0.05, 0.1) is 37.6 Å². The van der Waals surface area contributed by atoms with E-state index in [4.69, 9.17) is 28.4 Å². The van der Waals surface area contributed by atoms with E-state index in [1.165, 1.54) is 65.6 Å². The van der Waals surface area contributed by atoms with Gasteiger partial charge in [-0.25, -0.2) is 9.59 Å². The summed E-state index contributed by atoms with van der Waals surface area (Å²) in [5, 5.41) is 0. The number of rotatable bonds is 40. The quantitative estimate of drug-likeness (QED) is 0.0358. The van der Waals surface area contributed by atoms with Gasteiger partial charge < -0.3 is 28.4 Å². The lowest BCUT2D eigenvalue weighted by molar-refractivity contribution is -0.141. The molecule has 0 amide bonds. The van der Waals surface area contributed by atoms with Crippen molar-refractivity contribution in [3.8, 4) is 0 Å². The maximum absolute atomic E-state index is 13.7. The summed E-state index contributed by atoms with van der Waals surface area (Å²) in [7, 11) is 2.84. The molecule has 0 saturated heterocycles. The van der Waals surface area contributed by atoms with Crippen LogP contribution in [-0.4, -0.2) is 75.7 Å². The second kappa shape index (κ2) is 37.8. The molecule has 0 aliphatic carbocycles. The molecule has 1 aromatic rings. The fraction of sp³-hybridized carbons (Fsp3) is 0.800. The van der Waals surface area contributed by atoms with Gasteiger partial charge in [0.1, 0.15) is 12.2 Å². The Hall–Kier alpha value is -2.98. The van der Waals surface area contributed by atoms with E-state index in [0.717, 1.165) is 109 Å². The first kappa shape index (κ1) is 55.0. The largest absolute Gasteiger partial charge is 0.469 e. The van der Waals surface area contributed by atoms with Crippen LogP contribution in [0.3, 0.4) is 0 Å². The van der Waals surface area contributed by atoms with Crippen molar-refractivity contribution in [1.82, 2.24) is 0 Å². The van der Waals surface area contributed by atoms with Crippen LogP contribution in [0, 0.1) is 0 Å². The number of hydrogen-bond donors (Lipinski definition) is 0. The van der Waals surface area contributed by atoms with Gasteiger partial charge in [-0.2, -0.15) is 0 Å². The molecule has 0 heterocycles. The van der Waals surface area contributed by atoms with Gasteiger partial charge >= 0.3 is 23.9 Å². The van der Waals surface area contributed by atoms with Crippen molar-refractivity contribution >= 4 is 23.9 Å². The maximum Gasteiger partial charge on any atom is 0.338 e. The minimum absolute atomic E-state index is 0.164. The van der Waals surface area contributed by atoms with E-state index in [2.05, 4.69) is 13.8 Å². The Balaban J connectivity index is 3.00. The number of carbonyl (C=O) groups is 4. The number of carbonyl (C=O) groups excluding carboxylic acids is 4. The van der Waals surface area contributed by atoms with Gasteiger partial charge in [0.2, 0.25) is 0 Å². The van der Waals surface area contributed by atoms with Crippen LogP contribution >= 0.6 is 0 Å². The van der Waals surface area contributed by atoms with Crippen LogP contribution in [0.15, 0.2) is 24.3 Å². The van der Waals surface area contributed by atoms with Crippen molar-refractivity contribution in [1.29, 1.82) is 0 Å². The van der Waals surface area contributed by atoms with Crippen LogP contribution in [0.25, 0.3) is 0 Å². The van der Waals surface area contributed by atoms with E-state index in [1.54, 1.807) is 24.3 Å². The molecule has 0 spiro atoms. The van der Waals surface area contributed by atoms with Gasteiger partial charge in [-0.05, 0) is 89.5 Å². The Kier molecular flexibility index (Phi) is 34.6. The summed E-state index contributed by atoms with van der Waals surface area (Å²) in [5.74, 6) is -1.18. The second-order valence-corrected chi connectivity index (χ2v) is 16.3. The topological polar surface area (TPSA) is 124 Å². The molecule has 0 saturated carbocycles. The lowest BCUT2D eigenvalue weighted by atomic mass is 9.98. The van der Waals surface area contributed by atoms with Crippen molar-refractivity contribution in [2.75, 3.05) is 27.4 Å². The van der Waals surface area contributed by atoms with Crippen molar-refractivity contribution in [3.05, 3.63) is 35.4 Å². The molecule has 1 aromatic carbocycles. The van der Waals surface area contributed by atoms with Crippen molar-refractivity contribution in [2.24, 2.45) is 0 Å². The van der Waals surface area contributed by atoms with Crippen LogP contribution in [0.5, 0.6) is 0 Å². The molecule has 4 atom stereocenters.